The van der Waals surface area contributed by atoms with Gasteiger partial charge in [0.05, 0.1) is 22.1 Å². The van der Waals surface area contributed by atoms with Gasteiger partial charge in [0, 0.05) is 70.2 Å². The summed E-state index contributed by atoms with van der Waals surface area (Å²) in [6.45, 7) is 0. The molecule has 13 rings (SSSR count). The van der Waals surface area contributed by atoms with E-state index in [2.05, 4.69) is 238 Å². The average Bonchev–Trinajstić information content (AvgIpc) is 4.00. The van der Waals surface area contributed by atoms with Gasteiger partial charge in [0.2, 0.25) is 0 Å². The minimum absolute atomic E-state index is 1.10. The Morgan fingerprint density at radius 1 is 0.323 bits per heavy atom. The zero-order valence-corrected chi connectivity index (χ0v) is 34.4. The maximum absolute atomic E-state index is 2.44. The number of hydrogen-bond donors (Lipinski definition) is 0. The van der Waals surface area contributed by atoms with Crippen molar-refractivity contribution < 1.29 is 0 Å². The van der Waals surface area contributed by atoms with Crippen molar-refractivity contribution in [1.29, 1.82) is 0 Å². The van der Waals surface area contributed by atoms with Crippen LogP contribution in [0.15, 0.2) is 224 Å². The number of benzene rings is 10. The summed E-state index contributed by atoms with van der Waals surface area (Å²) in [6.07, 6.45) is 0. The summed E-state index contributed by atoms with van der Waals surface area (Å²) in [7, 11) is 0. The van der Waals surface area contributed by atoms with Crippen molar-refractivity contribution in [3.8, 4) is 22.5 Å². The zero-order chi connectivity index (χ0) is 40.7. The number of thiophene rings is 1. The van der Waals surface area contributed by atoms with Crippen LogP contribution in [0.4, 0.5) is 17.1 Å². The lowest BCUT2D eigenvalue weighted by Crippen LogP contribution is -2.10. The van der Waals surface area contributed by atoms with Gasteiger partial charge in [-0.05, 0) is 113 Å². The lowest BCUT2D eigenvalue weighted by atomic mass is 10.0. The highest BCUT2D eigenvalue weighted by molar-refractivity contribution is 7.26. The van der Waals surface area contributed by atoms with Crippen molar-refractivity contribution in [2.45, 2.75) is 0 Å². The van der Waals surface area contributed by atoms with Crippen molar-refractivity contribution in [1.82, 2.24) is 9.13 Å². The van der Waals surface area contributed by atoms with Gasteiger partial charge in [-0.3, -0.25) is 0 Å². The van der Waals surface area contributed by atoms with Gasteiger partial charge in [0.1, 0.15) is 0 Å². The SMILES string of the molecule is c1ccc(-n2c3ccccc3c3cc(N(c4ccc(-c5ccc6c7c8sc9ccccc9c8ccc7n(-c7ccccc7)c6c5)cc4)c4ccc5ccccc5c4)ccc32)cc1. The molecule has 0 atom stereocenters. The third kappa shape index (κ3) is 5.37. The Bertz CT molecular complexity index is 3860. The van der Waals surface area contributed by atoms with Crippen LogP contribution >= 0.6 is 11.3 Å². The van der Waals surface area contributed by atoms with Crippen LogP contribution < -0.4 is 4.90 Å². The van der Waals surface area contributed by atoms with E-state index < -0.39 is 0 Å². The molecule has 0 aliphatic carbocycles. The number of fused-ring (bicyclic) bond motifs is 11. The molecule has 0 bridgehead atoms. The number of rotatable bonds is 6. The maximum atomic E-state index is 2.44. The van der Waals surface area contributed by atoms with Gasteiger partial charge in [0.25, 0.3) is 0 Å². The Kier molecular flexibility index (Phi) is 7.78. The molecular formula is C58H37N3S. The van der Waals surface area contributed by atoms with E-state index in [-0.39, 0.29) is 0 Å². The molecule has 0 radical (unpaired) electrons. The molecular weight excluding hydrogens is 771 g/mol. The van der Waals surface area contributed by atoms with Crippen LogP contribution in [-0.4, -0.2) is 9.13 Å². The molecule has 4 heteroatoms. The quantitative estimate of drug-likeness (QED) is 0.163. The standard InChI is InChI=1S/C58H37N3S/c1-3-15-42(16-4-1)60-52-21-11-9-19-47(52)51-37-46(30-33-53(51)60)59(45-29-25-38-13-7-8-14-40(38)35-45)44-27-23-39(24-28-44)41-26-31-50-55(36-41)61(43-17-5-2-6-18-43)54-34-32-49-48-20-10-12-22-56(48)62-58(49)57(50)54/h1-37H. The van der Waals surface area contributed by atoms with Crippen LogP contribution in [0, 0.1) is 0 Å². The molecule has 0 aliphatic rings. The summed E-state index contributed by atoms with van der Waals surface area (Å²) < 4.78 is 7.49. The van der Waals surface area contributed by atoms with E-state index in [1.165, 1.54) is 85.7 Å². The van der Waals surface area contributed by atoms with Crippen molar-refractivity contribution >= 4 is 103 Å². The van der Waals surface area contributed by atoms with Crippen LogP contribution in [0.5, 0.6) is 0 Å². The summed E-state index contributed by atoms with van der Waals surface area (Å²) in [6, 6.07) is 82.1. The topological polar surface area (TPSA) is 13.1 Å². The monoisotopic (exact) mass is 807 g/mol. The Morgan fingerprint density at radius 2 is 0.903 bits per heavy atom. The van der Waals surface area contributed by atoms with Crippen molar-refractivity contribution in [3.63, 3.8) is 0 Å². The number of anilines is 3. The molecule has 3 heterocycles. The first-order chi connectivity index (χ1) is 30.7. The second-order valence-corrected chi connectivity index (χ2v) is 17.2. The average molecular weight is 808 g/mol. The highest BCUT2D eigenvalue weighted by atomic mass is 32.1. The first-order valence-electron chi connectivity index (χ1n) is 21.2. The summed E-state index contributed by atoms with van der Waals surface area (Å²) in [5.74, 6) is 0. The van der Waals surface area contributed by atoms with Gasteiger partial charge in [-0.15, -0.1) is 11.3 Å². The fraction of sp³-hybridized carbons (Fsp3) is 0. The Labute approximate surface area is 362 Å². The van der Waals surface area contributed by atoms with E-state index in [0.29, 0.717) is 0 Å². The molecule has 0 amide bonds. The molecule has 62 heavy (non-hydrogen) atoms. The van der Waals surface area contributed by atoms with Crippen LogP contribution in [0.25, 0.3) is 97.1 Å². The highest BCUT2D eigenvalue weighted by Crippen LogP contribution is 2.45. The molecule has 0 saturated carbocycles. The van der Waals surface area contributed by atoms with E-state index in [1.807, 2.05) is 11.3 Å². The largest absolute Gasteiger partial charge is 0.310 e. The second-order valence-electron chi connectivity index (χ2n) is 16.1. The summed E-state index contributed by atoms with van der Waals surface area (Å²) in [5.41, 5.74) is 12.8. The molecule has 3 nitrogen and oxygen atoms in total. The van der Waals surface area contributed by atoms with Gasteiger partial charge >= 0.3 is 0 Å². The Morgan fingerprint density at radius 3 is 1.71 bits per heavy atom. The van der Waals surface area contributed by atoms with Crippen LogP contribution in [0.1, 0.15) is 0 Å². The van der Waals surface area contributed by atoms with Crippen LogP contribution in [0.3, 0.4) is 0 Å². The minimum atomic E-state index is 1.10. The number of hydrogen-bond acceptors (Lipinski definition) is 2. The molecule has 3 aromatic heterocycles. The third-order valence-electron chi connectivity index (χ3n) is 12.7. The molecule has 0 spiro atoms. The van der Waals surface area contributed by atoms with Crippen molar-refractivity contribution in [3.05, 3.63) is 224 Å². The predicted molar refractivity (Wildman–Crippen MR) is 266 cm³/mol. The van der Waals surface area contributed by atoms with E-state index in [4.69, 9.17) is 0 Å². The molecule has 0 aliphatic heterocycles. The summed E-state index contributed by atoms with van der Waals surface area (Å²) >= 11 is 1.90. The van der Waals surface area contributed by atoms with Crippen LogP contribution in [0.2, 0.25) is 0 Å². The zero-order valence-electron chi connectivity index (χ0n) is 33.6. The lowest BCUT2D eigenvalue weighted by molar-refractivity contribution is 1.18. The van der Waals surface area contributed by atoms with Gasteiger partial charge in [0.15, 0.2) is 0 Å². The van der Waals surface area contributed by atoms with Gasteiger partial charge < -0.3 is 14.0 Å². The second kappa shape index (κ2) is 13.8. The smallest absolute Gasteiger partial charge is 0.0555 e. The molecule has 0 saturated heterocycles. The summed E-state index contributed by atoms with van der Waals surface area (Å²) in [4.78, 5) is 2.40. The lowest BCUT2D eigenvalue weighted by Gasteiger charge is -2.26. The van der Waals surface area contributed by atoms with E-state index in [9.17, 15) is 0 Å². The Balaban J connectivity index is 0.971. The van der Waals surface area contributed by atoms with Gasteiger partial charge in [-0.1, -0.05) is 133 Å². The normalized spacial score (nSPS) is 11.9. The van der Waals surface area contributed by atoms with E-state index >= 15 is 0 Å². The molecule has 0 fully saturated rings. The first-order valence-corrected chi connectivity index (χ1v) is 22.0. The highest BCUT2D eigenvalue weighted by Gasteiger charge is 2.20. The molecule has 10 aromatic carbocycles. The Hall–Kier alpha value is -7.92. The molecule has 0 unspecified atom stereocenters. The van der Waals surface area contributed by atoms with E-state index in [1.54, 1.807) is 0 Å². The van der Waals surface area contributed by atoms with Crippen molar-refractivity contribution in [2.24, 2.45) is 0 Å². The van der Waals surface area contributed by atoms with Crippen molar-refractivity contribution in [2.75, 3.05) is 4.90 Å². The maximum Gasteiger partial charge on any atom is 0.0555 e. The van der Waals surface area contributed by atoms with Gasteiger partial charge in [-0.2, -0.15) is 0 Å². The predicted octanol–water partition coefficient (Wildman–Crippen LogP) is 16.5. The minimum Gasteiger partial charge on any atom is -0.310 e. The number of nitrogens with zero attached hydrogens (tertiary/aromatic N) is 3. The fourth-order valence-corrected chi connectivity index (χ4v) is 11.1. The molecule has 290 valence electrons. The van der Waals surface area contributed by atoms with Gasteiger partial charge in [-0.25, -0.2) is 0 Å². The first kappa shape index (κ1) is 34.9. The molecule has 0 N–H and O–H groups in total. The van der Waals surface area contributed by atoms with E-state index in [0.717, 1.165) is 28.4 Å². The van der Waals surface area contributed by atoms with Crippen LogP contribution in [-0.2, 0) is 0 Å². The third-order valence-corrected chi connectivity index (χ3v) is 13.9. The number of para-hydroxylation sites is 3. The number of aromatic nitrogens is 2. The summed E-state index contributed by atoms with van der Waals surface area (Å²) in [5, 5.41) is 10.1. The fourth-order valence-electron chi connectivity index (χ4n) is 9.84. The molecule has 13 aromatic rings.